The number of carbonyl (C=O) groups excluding carboxylic acids is 2. The van der Waals surface area contributed by atoms with E-state index < -0.39 is 17.7 Å². The van der Waals surface area contributed by atoms with E-state index in [1.165, 1.54) is 11.1 Å². The van der Waals surface area contributed by atoms with Crippen molar-refractivity contribution >= 4 is 34.9 Å². The number of hydrogen-bond acceptors (Lipinski definition) is 5. The predicted octanol–water partition coefficient (Wildman–Crippen LogP) is 3.76. The van der Waals surface area contributed by atoms with Crippen LogP contribution in [0.3, 0.4) is 0 Å². The molecule has 1 amide bonds. The second-order valence-corrected chi connectivity index (χ2v) is 6.59. The first-order valence-electron chi connectivity index (χ1n) is 8.46. The highest BCUT2D eigenvalue weighted by Crippen LogP contribution is 2.41. The lowest BCUT2D eigenvalue weighted by Gasteiger charge is -2.24. The Labute approximate surface area is 165 Å². The molecule has 0 bridgehead atoms. The number of Topliss-reactive ketones (excluding diaryl/α,β-unsaturated/α-hetero) is 1. The van der Waals surface area contributed by atoms with Crippen molar-refractivity contribution in [3.8, 4) is 0 Å². The zero-order valence-corrected chi connectivity index (χ0v) is 15.2. The summed E-state index contributed by atoms with van der Waals surface area (Å²) in [6, 6.07) is 14.1. The molecule has 2 aromatic heterocycles. The van der Waals surface area contributed by atoms with Crippen LogP contribution in [0.15, 0.2) is 78.8 Å². The van der Waals surface area contributed by atoms with Gasteiger partial charge in [0.2, 0.25) is 0 Å². The number of anilines is 1. The van der Waals surface area contributed by atoms with Gasteiger partial charge in [0.1, 0.15) is 11.6 Å². The summed E-state index contributed by atoms with van der Waals surface area (Å²) in [5.74, 6) is -1.51. The Bertz CT molecular complexity index is 1070. The van der Waals surface area contributed by atoms with Crippen LogP contribution in [0, 0.1) is 0 Å². The number of aliphatic hydroxyl groups is 1. The Balaban J connectivity index is 1.94. The maximum atomic E-state index is 12.9. The number of amides is 1. The second-order valence-electron chi connectivity index (χ2n) is 6.15. The number of carbonyl (C=O) groups is 2. The van der Waals surface area contributed by atoms with Crippen molar-refractivity contribution in [2.75, 3.05) is 4.90 Å². The van der Waals surface area contributed by atoms with E-state index in [9.17, 15) is 14.7 Å². The van der Waals surface area contributed by atoms with Crippen molar-refractivity contribution in [1.29, 1.82) is 0 Å². The lowest BCUT2D eigenvalue weighted by molar-refractivity contribution is -0.132. The normalized spacial score (nSPS) is 18.5. The molecule has 1 fully saturated rings. The largest absolute Gasteiger partial charge is 0.507 e. The minimum absolute atomic E-state index is 0.0222. The number of aromatic nitrogens is 2. The number of halogens is 1. The van der Waals surface area contributed by atoms with E-state index >= 15 is 0 Å². The Morgan fingerprint density at radius 1 is 1.00 bits per heavy atom. The van der Waals surface area contributed by atoms with E-state index in [0.717, 1.165) is 0 Å². The molecule has 138 valence electrons. The summed E-state index contributed by atoms with van der Waals surface area (Å²) < 4.78 is 0. The molecule has 0 spiro atoms. The van der Waals surface area contributed by atoms with Gasteiger partial charge in [-0.15, -0.1) is 0 Å². The zero-order chi connectivity index (χ0) is 19.7. The van der Waals surface area contributed by atoms with Crippen LogP contribution in [-0.2, 0) is 9.59 Å². The molecule has 3 heterocycles. The van der Waals surface area contributed by atoms with Gasteiger partial charge in [0.15, 0.2) is 0 Å². The molecule has 7 heteroatoms. The molecular weight excluding hydrogens is 378 g/mol. The lowest BCUT2D eigenvalue weighted by Crippen LogP contribution is -2.30. The van der Waals surface area contributed by atoms with Crippen molar-refractivity contribution < 1.29 is 14.7 Å². The summed E-state index contributed by atoms with van der Waals surface area (Å²) in [4.78, 5) is 35.3. The van der Waals surface area contributed by atoms with E-state index in [4.69, 9.17) is 11.6 Å². The fourth-order valence-corrected chi connectivity index (χ4v) is 3.31. The molecule has 1 aliphatic heterocycles. The summed E-state index contributed by atoms with van der Waals surface area (Å²) in [5.41, 5.74) is 0.950. The molecule has 1 atom stereocenters. The van der Waals surface area contributed by atoms with Crippen LogP contribution < -0.4 is 4.90 Å². The maximum absolute atomic E-state index is 12.9. The zero-order valence-electron chi connectivity index (χ0n) is 14.5. The summed E-state index contributed by atoms with van der Waals surface area (Å²) in [5, 5.41) is 11.4. The van der Waals surface area contributed by atoms with E-state index in [-0.39, 0.29) is 11.3 Å². The predicted molar refractivity (Wildman–Crippen MR) is 105 cm³/mol. The molecule has 3 aromatic rings. The summed E-state index contributed by atoms with van der Waals surface area (Å²) >= 11 is 5.91. The fourth-order valence-electron chi connectivity index (χ4n) is 3.18. The minimum Gasteiger partial charge on any atom is -0.507 e. The van der Waals surface area contributed by atoms with Gasteiger partial charge in [-0.25, -0.2) is 4.98 Å². The van der Waals surface area contributed by atoms with Crippen LogP contribution in [0.2, 0.25) is 5.02 Å². The SMILES string of the molecule is O=C1C(=O)N(c2ccccn2)[C@@H](c2cccnc2)/C1=C(\O)c1ccc(Cl)cc1. The van der Waals surface area contributed by atoms with E-state index in [2.05, 4.69) is 9.97 Å². The van der Waals surface area contributed by atoms with Crippen molar-refractivity contribution in [2.24, 2.45) is 0 Å². The third kappa shape index (κ3) is 3.04. The highest BCUT2D eigenvalue weighted by atomic mass is 35.5. The van der Waals surface area contributed by atoms with Crippen molar-refractivity contribution in [3.05, 3.63) is 94.9 Å². The number of ketones is 1. The van der Waals surface area contributed by atoms with Gasteiger partial charge in [0.05, 0.1) is 11.6 Å². The first-order chi connectivity index (χ1) is 13.6. The molecule has 1 N–H and O–H groups in total. The Hall–Kier alpha value is -3.51. The van der Waals surface area contributed by atoms with Crippen LogP contribution in [0.25, 0.3) is 5.76 Å². The smallest absolute Gasteiger partial charge is 0.301 e. The quantitative estimate of drug-likeness (QED) is 0.417. The molecular formula is C21H14ClN3O3. The molecule has 1 aromatic carbocycles. The molecule has 4 rings (SSSR count). The molecule has 0 radical (unpaired) electrons. The topological polar surface area (TPSA) is 83.4 Å². The van der Waals surface area contributed by atoms with Crippen molar-refractivity contribution in [2.45, 2.75) is 6.04 Å². The molecule has 6 nitrogen and oxygen atoms in total. The van der Waals surface area contributed by atoms with E-state index in [1.807, 2.05) is 0 Å². The summed E-state index contributed by atoms with van der Waals surface area (Å²) in [7, 11) is 0. The van der Waals surface area contributed by atoms with Gasteiger partial charge in [0, 0.05) is 29.2 Å². The average molecular weight is 392 g/mol. The average Bonchev–Trinajstić information content (AvgIpc) is 3.00. The van der Waals surface area contributed by atoms with Gasteiger partial charge in [-0.1, -0.05) is 23.7 Å². The minimum atomic E-state index is -0.848. The van der Waals surface area contributed by atoms with Crippen LogP contribution in [-0.4, -0.2) is 26.8 Å². The van der Waals surface area contributed by atoms with Gasteiger partial charge in [-0.3, -0.25) is 19.5 Å². The standard InChI is InChI=1S/C21H14ClN3O3/c22-15-8-6-13(7-9-15)19(26)17-18(14-4-3-10-23-12-14)25(21(28)20(17)27)16-5-1-2-11-24-16/h1-12,18,26H/b19-17+/t18-/m0/s1. The first-order valence-corrected chi connectivity index (χ1v) is 8.83. The van der Waals surface area contributed by atoms with Gasteiger partial charge >= 0.3 is 5.91 Å². The maximum Gasteiger partial charge on any atom is 0.301 e. The Morgan fingerprint density at radius 2 is 1.79 bits per heavy atom. The Kier molecular flexibility index (Phi) is 4.63. The molecule has 28 heavy (non-hydrogen) atoms. The highest BCUT2D eigenvalue weighted by Gasteiger charge is 2.47. The van der Waals surface area contributed by atoms with Crippen LogP contribution in [0.1, 0.15) is 17.2 Å². The molecule has 0 saturated carbocycles. The number of hydrogen-bond donors (Lipinski definition) is 1. The molecule has 1 aliphatic rings. The van der Waals surface area contributed by atoms with E-state index in [0.29, 0.717) is 22.0 Å². The van der Waals surface area contributed by atoms with Crippen LogP contribution in [0.4, 0.5) is 5.82 Å². The molecule has 0 aliphatic carbocycles. The number of aliphatic hydroxyl groups excluding tert-OH is 1. The lowest BCUT2D eigenvalue weighted by atomic mass is 9.96. The number of rotatable bonds is 3. The second kappa shape index (κ2) is 7.25. The van der Waals surface area contributed by atoms with Crippen LogP contribution in [0.5, 0.6) is 0 Å². The highest BCUT2D eigenvalue weighted by molar-refractivity contribution is 6.51. The van der Waals surface area contributed by atoms with Gasteiger partial charge < -0.3 is 5.11 Å². The third-order valence-electron chi connectivity index (χ3n) is 4.46. The molecule has 1 saturated heterocycles. The van der Waals surface area contributed by atoms with Gasteiger partial charge in [0.25, 0.3) is 5.78 Å². The third-order valence-corrected chi connectivity index (χ3v) is 4.71. The monoisotopic (exact) mass is 391 g/mol. The van der Waals surface area contributed by atoms with Crippen molar-refractivity contribution in [1.82, 2.24) is 9.97 Å². The number of benzene rings is 1. The number of nitrogens with zero attached hydrogens (tertiary/aromatic N) is 3. The van der Waals surface area contributed by atoms with Gasteiger partial charge in [-0.05, 0) is 48.0 Å². The fraction of sp³-hybridized carbons (Fsp3) is 0.0476. The summed E-state index contributed by atoms with van der Waals surface area (Å²) in [6.45, 7) is 0. The first kappa shape index (κ1) is 17.9. The van der Waals surface area contributed by atoms with E-state index in [1.54, 1.807) is 67.0 Å². The Morgan fingerprint density at radius 3 is 2.43 bits per heavy atom. The van der Waals surface area contributed by atoms with Crippen molar-refractivity contribution in [3.63, 3.8) is 0 Å². The number of pyridine rings is 2. The summed E-state index contributed by atoms with van der Waals surface area (Å²) in [6.07, 6.45) is 4.69. The van der Waals surface area contributed by atoms with Gasteiger partial charge in [-0.2, -0.15) is 0 Å². The molecule has 0 unspecified atom stereocenters. The van der Waals surface area contributed by atoms with Crippen LogP contribution >= 0.6 is 11.6 Å².